The van der Waals surface area contributed by atoms with E-state index in [-0.39, 0.29) is 23.4 Å². The fourth-order valence-electron chi connectivity index (χ4n) is 3.63. The van der Waals surface area contributed by atoms with Crippen molar-refractivity contribution in [3.63, 3.8) is 0 Å². The predicted octanol–water partition coefficient (Wildman–Crippen LogP) is 2.85. The second-order valence-corrected chi connectivity index (χ2v) is 8.18. The van der Waals surface area contributed by atoms with Gasteiger partial charge in [0.2, 0.25) is 0 Å². The number of nitro groups is 1. The Hall–Kier alpha value is -3.92. The Morgan fingerprint density at radius 2 is 1.97 bits per heavy atom. The van der Waals surface area contributed by atoms with Gasteiger partial charge in [-0.15, -0.1) is 0 Å². The number of aromatic nitrogens is 1. The lowest BCUT2D eigenvalue weighted by molar-refractivity contribution is -0.384. The smallest absolute Gasteiger partial charge is 0.338 e. The van der Waals surface area contributed by atoms with E-state index in [0.717, 1.165) is 11.3 Å². The highest BCUT2D eigenvalue weighted by atomic mass is 32.1. The zero-order chi connectivity index (χ0) is 23.7. The van der Waals surface area contributed by atoms with E-state index >= 15 is 0 Å². The molecule has 0 fully saturated rings. The molecule has 0 radical (unpaired) electrons. The van der Waals surface area contributed by atoms with Gasteiger partial charge in [-0.1, -0.05) is 29.5 Å². The molecule has 1 aliphatic heterocycles. The first kappa shape index (κ1) is 22.3. The summed E-state index contributed by atoms with van der Waals surface area (Å²) in [6.45, 7) is 3.39. The number of carbonyl (C=O) groups excluding carboxylic acids is 1. The maximum Gasteiger partial charge on any atom is 0.338 e. The van der Waals surface area contributed by atoms with Gasteiger partial charge in [0.25, 0.3) is 11.2 Å². The Bertz CT molecular complexity index is 1470. The quantitative estimate of drug-likeness (QED) is 0.326. The summed E-state index contributed by atoms with van der Waals surface area (Å²) in [7, 11) is 0. The minimum Gasteiger partial charge on any atom is -0.463 e. The van der Waals surface area contributed by atoms with Gasteiger partial charge in [-0.3, -0.25) is 19.5 Å². The molecule has 10 heteroatoms. The van der Waals surface area contributed by atoms with Crippen molar-refractivity contribution in [2.75, 3.05) is 6.61 Å². The van der Waals surface area contributed by atoms with Crippen LogP contribution in [0.1, 0.15) is 31.0 Å². The van der Waals surface area contributed by atoms with Crippen molar-refractivity contribution in [2.45, 2.75) is 19.9 Å². The average molecular weight is 467 g/mol. The van der Waals surface area contributed by atoms with Gasteiger partial charge in [-0.05, 0) is 43.7 Å². The number of benzene rings is 2. The molecule has 2 aromatic carbocycles. The van der Waals surface area contributed by atoms with Crippen LogP contribution < -0.4 is 14.9 Å². The number of allylic oxidation sites excluding steroid dienone is 1. The van der Waals surface area contributed by atoms with E-state index in [1.54, 1.807) is 26.0 Å². The van der Waals surface area contributed by atoms with Crippen LogP contribution in [0.25, 0.3) is 6.08 Å². The summed E-state index contributed by atoms with van der Waals surface area (Å²) in [5.41, 5.74) is 0.635. The van der Waals surface area contributed by atoms with E-state index in [0.29, 0.717) is 20.6 Å². The number of non-ortho nitro benzene ring substituents is 1. The molecule has 1 aromatic heterocycles. The topological polar surface area (TPSA) is 104 Å². The molecule has 0 spiro atoms. The van der Waals surface area contributed by atoms with Crippen molar-refractivity contribution in [1.82, 2.24) is 4.57 Å². The maximum absolute atomic E-state index is 14.8. The average Bonchev–Trinajstić information content (AvgIpc) is 3.08. The summed E-state index contributed by atoms with van der Waals surface area (Å²) in [6, 6.07) is 10.6. The number of hydrogen-bond donors (Lipinski definition) is 0. The Morgan fingerprint density at radius 3 is 2.61 bits per heavy atom. The van der Waals surface area contributed by atoms with Crippen molar-refractivity contribution < 1.29 is 18.8 Å². The normalized spacial score (nSPS) is 15.7. The SMILES string of the molecule is CCOC(=O)C1=C(C)N=c2sc(=Cc3ccc([N+](=O)[O-])cc3)c(=O)n2C1c1ccccc1F. The van der Waals surface area contributed by atoms with Crippen LogP contribution in [-0.4, -0.2) is 22.1 Å². The molecule has 1 unspecified atom stereocenters. The molecule has 8 nitrogen and oxygen atoms in total. The van der Waals surface area contributed by atoms with Gasteiger partial charge >= 0.3 is 5.97 Å². The van der Waals surface area contributed by atoms with Crippen molar-refractivity contribution in [2.24, 2.45) is 4.99 Å². The Balaban J connectivity index is 1.93. The Kier molecular flexibility index (Phi) is 6.01. The Labute approximate surface area is 190 Å². The second-order valence-electron chi connectivity index (χ2n) is 7.17. The number of carbonyl (C=O) groups is 1. The van der Waals surface area contributed by atoms with Gasteiger partial charge in [0.1, 0.15) is 11.9 Å². The molecule has 168 valence electrons. The largest absolute Gasteiger partial charge is 0.463 e. The molecule has 0 saturated heterocycles. The molecule has 1 atom stereocenters. The first-order valence-electron chi connectivity index (χ1n) is 10.0. The molecule has 0 bridgehead atoms. The molecular weight excluding hydrogens is 449 g/mol. The van der Waals surface area contributed by atoms with Gasteiger partial charge < -0.3 is 4.74 Å². The fraction of sp³-hybridized carbons (Fsp3) is 0.174. The third kappa shape index (κ3) is 4.12. The van der Waals surface area contributed by atoms with Gasteiger partial charge in [0.05, 0.1) is 27.3 Å². The molecule has 0 N–H and O–H groups in total. The van der Waals surface area contributed by atoms with E-state index in [4.69, 9.17) is 4.74 Å². The van der Waals surface area contributed by atoms with Crippen LogP contribution in [-0.2, 0) is 9.53 Å². The van der Waals surface area contributed by atoms with Gasteiger partial charge in [0.15, 0.2) is 4.80 Å². The summed E-state index contributed by atoms with van der Waals surface area (Å²) in [6.07, 6.45) is 1.58. The van der Waals surface area contributed by atoms with Crippen molar-refractivity contribution in [1.29, 1.82) is 0 Å². The number of hydrogen-bond acceptors (Lipinski definition) is 7. The second kappa shape index (κ2) is 8.91. The zero-order valence-corrected chi connectivity index (χ0v) is 18.5. The summed E-state index contributed by atoms with van der Waals surface area (Å²) in [5.74, 6) is -1.24. The standard InChI is InChI=1S/C23H18FN3O5S/c1-3-32-22(29)19-13(2)25-23-26(20(19)16-6-4-5-7-17(16)24)21(28)18(33-23)12-14-8-10-15(11-9-14)27(30)31/h4-12,20H,3H2,1-2H3. The van der Waals surface area contributed by atoms with E-state index in [9.17, 15) is 24.1 Å². The molecule has 2 heterocycles. The van der Waals surface area contributed by atoms with Crippen molar-refractivity contribution in [3.8, 4) is 0 Å². The lowest BCUT2D eigenvalue weighted by atomic mass is 9.95. The summed E-state index contributed by atoms with van der Waals surface area (Å²) in [5, 5.41) is 10.9. The van der Waals surface area contributed by atoms with Crippen LogP contribution in [0.4, 0.5) is 10.1 Å². The minimum atomic E-state index is -1.04. The van der Waals surface area contributed by atoms with Crippen LogP contribution in [0.2, 0.25) is 0 Å². The van der Waals surface area contributed by atoms with Crippen LogP contribution in [0.15, 0.2) is 69.6 Å². The molecule has 0 saturated carbocycles. The lowest BCUT2D eigenvalue weighted by Gasteiger charge is -2.24. The van der Waals surface area contributed by atoms with E-state index < -0.39 is 28.3 Å². The highest BCUT2D eigenvalue weighted by Crippen LogP contribution is 2.32. The van der Waals surface area contributed by atoms with E-state index in [1.165, 1.54) is 47.0 Å². The molecule has 33 heavy (non-hydrogen) atoms. The van der Waals surface area contributed by atoms with Gasteiger partial charge in [0, 0.05) is 17.7 Å². The number of halogens is 1. The first-order valence-corrected chi connectivity index (χ1v) is 10.8. The zero-order valence-electron chi connectivity index (χ0n) is 17.6. The van der Waals surface area contributed by atoms with Crippen LogP contribution >= 0.6 is 11.3 Å². The summed E-state index contributed by atoms with van der Waals surface area (Å²) in [4.78, 5) is 41.3. The Morgan fingerprint density at radius 1 is 1.27 bits per heavy atom. The molecule has 1 aliphatic rings. The molecule has 0 amide bonds. The third-order valence-electron chi connectivity index (χ3n) is 5.12. The minimum absolute atomic E-state index is 0.0668. The lowest BCUT2D eigenvalue weighted by Crippen LogP contribution is -2.40. The van der Waals surface area contributed by atoms with Crippen molar-refractivity contribution >= 4 is 29.1 Å². The maximum atomic E-state index is 14.8. The monoisotopic (exact) mass is 467 g/mol. The highest BCUT2D eigenvalue weighted by Gasteiger charge is 2.34. The number of fused-ring (bicyclic) bond motifs is 1. The third-order valence-corrected chi connectivity index (χ3v) is 6.10. The summed E-state index contributed by atoms with van der Waals surface area (Å²) >= 11 is 1.09. The highest BCUT2D eigenvalue weighted by molar-refractivity contribution is 7.07. The number of ether oxygens (including phenoxy) is 1. The predicted molar refractivity (Wildman–Crippen MR) is 120 cm³/mol. The first-order chi connectivity index (χ1) is 15.8. The van der Waals surface area contributed by atoms with Gasteiger partial charge in [-0.25, -0.2) is 14.2 Å². The fourth-order valence-corrected chi connectivity index (χ4v) is 4.67. The van der Waals surface area contributed by atoms with Crippen LogP contribution in [0, 0.1) is 15.9 Å². The number of nitro benzene ring substituents is 1. The van der Waals surface area contributed by atoms with Crippen molar-refractivity contribution in [3.05, 3.63) is 107 Å². The molecule has 0 aliphatic carbocycles. The van der Waals surface area contributed by atoms with Crippen LogP contribution in [0.5, 0.6) is 0 Å². The summed E-state index contributed by atoms with van der Waals surface area (Å²) < 4.78 is 21.6. The number of nitrogens with zero attached hydrogens (tertiary/aromatic N) is 3. The number of rotatable bonds is 5. The molecule has 3 aromatic rings. The number of esters is 1. The van der Waals surface area contributed by atoms with E-state index in [1.807, 2.05) is 0 Å². The van der Waals surface area contributed by atoms with Gasteiger partial charge in [-0.2, -0.15) is 0 Å². The molecular formula is C23H18FN3O5S. The number of thiazole rings is 1. The van der Waals surface area contributed by atoms with E-state index in [2.05, 4.69) is 4.99 Å². The molecule has 4 rings (SSSR count). The van der Waals surface area contributed by atoms with Crippen LogP contribution in [0.3, 0.4) is 0 Å².